The number of piperidine rings is 1. The van der Waals surface area contributed by atoms with Gasteiger partial charge in [0.2, 0.25) is 0 Å². The van der Waals surface area contributed by atoms with E-state index in [1.165, 1.54) is 18.7 Å². The summed E-state index contributed by atoms with van der Waals surface area (Å²) in [6, 6.07) is 3.48. The van der Waals surface area contributed by atoms with Crippen molar-refractivity contribution < 1.29 is 9.90 Å². The molecule has 2 aromatic rings. The number of nitrogens with one attached hydrogen (secondary N) is 1. The fourth-order valence-electron chi connectivity index (χ4n) is 2.84. The normalized spacial score (nSPS) is 20.7. The second-order valence-corrected chi connectivity index (χ2v) is 6.08. The molecule has 8 heteroatoms. The molecule has 1 amide bonds. The molecule has 1 saturated heterocycles. The second kappa shape index (κ2) is 6.88. The summed E-state index contributed by atoms with van der Waals surface area (Å²) >= 11 is 0. The second-order valence-electron chi connectivity index (χ2n) is 6.08. The highest BCUT2D eigenvalue weighted by atomic mass is 16.3. The summed E-state index contributed by atoms with van der Waals surface area (Å²) in [5, 5.41) is 20.9. The van der Waals surface area contributed by atoms with Gasteiger partial charge >= 0.3 is 0 Å². The molecule has 1 aliphatic heterocycles. The third kappa shape index (κ3) is 3.83. The van der Waals surface area contributed by atoms with E-state index in [0.717, 1.165) is 24.5 Å². The van der Waals surface area contributed by atoms with Crippen LogP contribution >= 0.6 is 0 Å². The number of aliphatic hydroxyl groups is 1. The van der Waals surface area contributed by atoms with Gasteiger partial charge in [0.05, 0.1) is 23.6 Å². The molecular weight excluding hydrogens is 308 g/mol. The number of aromatic nitrogens is 4. The van der Waals surface area contributed by atoms with Crippen molar-refractivity contribution in [2.45, 2.75) is 25.4 Å². The van der Waals surface area contributed by atoms with Gasteiger partial charge < -0.3 is 15.3 Å². The number of rotatable bonds is 4. The van der Waals surface area contributed by atoms with Gasteiger partial charge in [0.1, 0.15) is 12.1 Å². The van der Waals surface area contributed by atoms with Crippen LogP contribution in [0.2, 0.25) is 0 Å². The maximum atomic E-state index is 12.1. The van der Waals surface area contributed by atoms with Crippen molar-refractivity contribution in [1.82, 2.24) is 25.5 Å². The number of nitrogens with zero attached hydrogens (tertiary/aromatic N) is 5. The van der Waals surface area contributed by atoms with Crippen LogP contribution in [0.5, 0.6) is 0 Å². The SMILES string of the molecule is Cc1cc(N2CCC[C@@](O)(CNC(=O)c3ccnnc3)C2)ncn1. The van der Waals surface area contributed by atoms with Crippen LogP contribution in [0.25, 0.3) is 0 Å². The van der Waals surface area contributed by atoms with Crippen molar-refractivity contribution in [3.05, 3.63) is 42.1 Å². The van der Waals surface area contributed by atoms with Crippen LogP contribution in [0.1, 0.15) is 28.9 Å². The number of hydrogen-bond donors (Lipinski definition) is 2. The Morgan fingerprint density at radius 3 is 3.04 bits per heavy atom. The Morgan fingerprint density at radius 1 is 1.42 bits per heavy atom. The Balaban J connectivity index is 1.63. The van der Waals surface area contributed by atoms with E-state index in [1.807, 2.05) is 17.9 Å². The lowest BCUT2D eigenvalue weighted by Crippen LogP contribution is -2.54. The molecule has 2 N–H and O–H groups in total. The summed E-state index contributed by atoms with van der Waals surface area (Å²) in [6.07, 6.45) is 5.84. The zero-order valence-electron chi connectivity index (χ0n) is 13.5. The summed E-state index contributed by atoms with van der Waals surface area (Å²) < 4.78 is 0. The lowest BCUT2D eigenvalue weighted by molar-refractivity contribution is 0.0254. The molecule has 8 nitrogen and oxygen atoms in total. The van der Waals surface area contributed by atoms with E-state index in [9.17, 15) is 9.90 Å². The van der Waals surface area contributed by atoms with Crippen LogP contribution < -0.4 is 10.2 Å². The van der Waals surface area contributed by atoms with E-state index in [0.29, 0.717) is 18.5 Å². The smallest absolute Gasteiger partial charge is 0.253 e. The van der Waals surface area contributed by atoms with E-state index in [2.05, 4.69) is 25.5 Å². The van der Waals surface area contributed by atoms with Crippen LogP contribution in [-0.4, -0.2) is 56.4 Å². The largest absolute Gasteiger partial charge is 0.386 e. The molecule has 3 rings (SSSR count). The van der Waals surface area contributed by atoms with Crippen LogP contribution in [0, 0.1) is 6.92 Å². The molecule has 3 heterocycles. The molecule has 126 valence electrons. The molecule has 0 saturated carbocycles. The summed E-state index contributed by atoms with van der Waals surface area (Å²) in [7, 11) is 0. The summed E-state index contributed by atoms with van der Waals surface area (Å²) in [6.45, 7) is 3.32. The van der Waals surface area contributed by atoms with Crippen molar-refractivity contribution >= 4 is 11.7 Å². The molecule has 1 fully saturated rings. The first-order valence-corrected chi connectivity index (χ1v) is 7.87. The Hall–Kier alpha value is -2.61. The first kappa shape index (κ1) is 16.3. The number of β-amino-alcohol motifs (C(OH)–C–C–N with tert-alkyl or cyclic N) is 1. The van der Waals surface area contributed by atoms with Crippen molar-refractivity contribution in [2.75, 3.05) is 24.5 Å². The average molecular weight is 328 g/mol. The molecule has 0 bridgehead atoms. The molecule has 24 heavy (non-hydrogen) atoms. The predicted molar refractivity (Wildman–Crippen MR) is 87.5 cm³/mol. The Bertz CT molecular complexity index is 711. The maximum Gasteiger partial charge on any atom is 0.253 e. The molecule has 0 unspecified atom stereocenters. The third-order valence-electron chi connectivity index (χ3n) is 4.09. The number of aryl methyl sites for hydroxylation is 1. The van der Waals surface area contributed by atoms with E-state index < -0.39 is 5.60 Å². The number of hydrogen-bond acceptors (Lipinski definition) is 7. The van der Waals surface area contributed by atoms with Crippen molar-refractivity contribution in [3.8, 4) is 0 Å². The van der Waals surface area contributed by atoms with Gasteiger partial charge in [-0.15, -0.1) is 0 Å². The monoisotopic (exact) mass is 328 g/mol. The van der Waals surface area contributed by atoms with Crippen LogP contribution in [0.4, 0.5) is 5.82 Å². The molecule has 0 spiro atoms. The Labute approximate surface area is 140 Å². The van der Waals surface area contributed by atoms with E-state index in [4.69, 9.17) is 0 Å². The summed E-state index contributed by atoms with van der Waals surface area (Å²) in [4.78, 5) is 22.5. The maximum absolute atomic E-state index is 12.1. The zero-order valence-corrected chi connectivity index (χ0v) is 13.5. The van der Waals surface area contributed by atoms with Gasteiger partial charge in [-0.2, -0.15) is 10.2 Å². The van der Waals surface area contributed by atoms with E-state index >= 15 is 0 Å². The highest BCUT2D eigenvalue weighted by molar-refractivity contribution is 5.93. The van der Waals surface area contributed by atoms with Crippen molar-refractivity contribution in [3.63, 3.8) is 0 Å². The minimum absolute atomic E-state index is 0.175. The standard InChI is InChI=1S/C16H20N6O2/c1-12-7-14(19-11-18-12)22-6-2-4-16(24,10-22)9-17-15(23)13-3-5-20-21-8-13/h3,5,7-8,11,24H,2,4,6,9-10H2,1H3,(H,17,23)/t16-/m1/s1. The predicted octanol–water partition coefficient (Wildman–Crippen LogP) is 0.336. The van der Waals surface area contributed by atoms with Gasteiger partial charge in [0.15, 0.2) is 0 Å². The number of carbonyl (C=O) groups excluding carboxylic acids is 1. The van der Waals surface area contributed by atoms with Crippen LogP contribution in [0.3, 0.4) is 0 Å². The van der Waals surface area contributed by atoms with Gasteiger partial charge in [-0.1, -0.05) is 0 Å². The molecule has 0 aromatic carbocycles. The number of amides is 1. The Morgan fingerprint density at radius 2 is 2.29 bits per heavy atom. The highest BCUT2D eigenvalue weighted by Crippen LogP contribution is 2.24. The molecule has 0 aliphatic carbocycles. The van der Waals surface area contributed by atoms with Gasteiger partial charge in [-0.25, -0.2) is 9.97 Å². The fourth-order valence-corrected chi connectivity index (χ4v) is 2.84. The summed E-state index contributed by atoms with van der Waals surface area (Å²) in [5.41, 5.74) is 0.313. The third-order valence-corrected chi connectivity index (χ3v) is 4.09. The minimum atomic E-state index is -0.993. The molecule has 2 aromatic heterocycles. The Kier molecular flexibility index (Phi) is 4.66. The first-order valence-electron chi connectivity index (χ1n) is 7.87. The number of anilines is 1. The molecule has 1 atom stereocenters. The van der Waals surface area contributed by atoms with Gasteiger partial charge in [0.25, 0.3) is 5.91 Å². The molecule has 1 aliphatic rings. The topological polar surface area (TPSA) is 104 Å². The van der Waals surface area contributed by atoms with E-state index in [-0.39, 0.29) is 12.5 Å². The average Bonchev–Trinajstić information content (AvgIpc) is 2.60. The summed E-state index contributed by atoms with van der Waals surface area (Å²) in [5.74, 6) is 0.526. The van der Waals surface area contributed by atoms with Gasteiger partial charge in [-0.05, 0) is 25.8 Å². The fraction of sp³-hybridized carbons (Fsp3) is 0.438. The van der Waals surface area contributed by atoms with Crippen molar-refractivity contribution in [2.24, 2.45) is 0 Å². The lowest BCUT2D eigenvalue weighted by atomic mass is 9.92. The number of carbonyl (C=O) groups is 1. The van der Waals surface area contributed by atoms with Crippen LogP contribution in [-0.2, 0) is 0 Å². The van der Waals surface area contributed by atoms with E-state index in [1.54, 1.807) is 6.07 Å². The van der Waals surface area contributed by atoms with Gasteiger partial charge in [0, 0.05) is 31.4 Å². The quantitative estimate of drug-likeness (QED) is 0.834. The van der Waals surface area contributed by atoms with Gasteiger partial charge in [-0.3, -0.25) is 4.79 Å². The molecular formula is C16H20N6O2. The van der Waals surface area contributed by atoms with Crippen molar-refractivity contribution in [1.29, 1.82) is 0 Å². The minimum Gasteiger partial charge on any atom is -0.386 e. The zero-order chi connectivity index (χ0) is 17.0. The highest BCUT2D eigenvalue weighted by Gasteiger charge is 2.34. The first-order chi connectivity index (χ1) is 11.6. The molecule has 0 radical (unpaired) electrons. The lowest BCUT2D eigenvalue weighted by Gasteiger charge is -2.39. The van der Waals surface area contributed by atoms with Crippen LogP contribution in [0.15, 0.2) is 30.9 Å².